The average molecular weight is 513 g/mol. The minimum absolute atomic E-state index is 0.118. The number of amides is 1. The van der Waals surface area contributed by atoms with Gasteiger partial charge in [0.1, 0.15) is 11.5 Å². The zero-order valence-electron chi connectivity index (χ0n) is 21.5. The molecule has 0 aliphatic heterocycles. The summed E-state index contributed by atoms with van der Waals surface area (Å²) in [6, 6.07) is 17.8. The van der Waals surface area contributed by atoms with Crippen LogP contribution in [-0.4, -0.2) is 34.3 Å². The van der Waals surface area contributed by atoms with Gasteiger partial charge < -0.3 is 15.2 Å². The number of nitrogens with one attached hydrogen (secondary N) is 2. The summed E-state index contributed by atoms with van der Waals surface area (Å²) in [5.74, 6) is -1.06. The van der Waals surface area contributed by atoms with Crippen molar-refractivity contribution in [2.45, 2.75) is 32.9 Å². The van der Waals surface area contributed by atoms with Gasteiger partial charge in [0.2, 0.25) is 5.91 Å². The fourth-order valence-corrected chi connectivity index (χ4v) is 4.05. The van der Waals surface area contributed by atoms with E-state index >= 15 is 0 Å². The maximum atomic E-state index is 13.6. The molecule has 4 rings (SSSR count). The van der Waals surface area contributed by atoms with Crippen LogP contribution in [0.2, 0.25) is 0 Å². The van der Waals surface area contributed by atoms with Gasteiger partial charge in [0.05, 0.1) is 18.3 Å². The molecule has 194 valence electrons. The van der Waals surface area contributed by atoms with Gasteiger partial charge in [-0.3, -0.25) is 19.4 Å². The summed E-state index contributed by atoms with van der Waals surface area (Å²) in [6.07, 6.45) is 3.87. The number of nitrogens with zero attached hydrogens (tertiary/aromatic N) is 2. The van der Waals surface area contributed by atoms with Crippen LogP contribution in [0.3, 0.4) is 0 Å². The highest BCUT2D eigenvalue weighted by molar-refractivity contribution is 6.08. The molecule has 0 bridgehead atoms. The van der Waals surface area contributed by atoms with Crippen LogP contribution < -0.4 is 16.2 Å². The van der Waals surface area contributed by atoms with Crippen LogP contribution >= 0.6 is 0 Å². The normalized spacial score (nSPS) is 11.7. The van der Waals surface area contributed by atoms with E-state index < -0.39 is 11.9 Å². The average Bonchev–Trinajstić information content (AvgIpc) is 2.94. The van der Waals surface area contributed by atoms with Crippen LogP contribution in [0.15, 0.2) is 83.9 Å². The highest BCUT2D eigenvalue weighted by Gasteiger charge is 2.17. The highest BCUT2D eigenvalue weighted by Crippen LogP contribution is 2.23. The molecule has 0 spiro atoms. The first-order valence-corrected chi connectivity index (χ1v) is 12.4. The number of ketones is 1. The zero-order valence-corrected chi connectivity index (χ0v) is 21.5. The van der Waals surface area contributed by atoms with E-state index in [0.717, 1.165) is 17.5 Å². The van der Waals surface area contributed by atoms with Gasteiger partial charge in [-0.05, 0) is 85.6 Å². The SMILES string of the molecule is CCc1cccc(-c2ccc(NC(=O)[C@H](C)NC)c(=O)n2Cc2cncc(C(=O)c3ccc(F)cc3)c2)c1. The maximum absolute atomic E-state index is 13.6. The Morgan fingerprint density at radius 1 is 0.974 bits per heavy atom. The first-order valence-electron chi connectivity index (χ1n) is 12.4. The fourth-order valence-electron chi connectivity index (χ4n) is 4.05. The predicted molar refractivity (Wildman–Crippen MR) is 146 cm³/mol. The van der Waals surface area contributed by atoms with Crippen LogP contribution in [-0.2, 0) is 17.8 Å². The standard InChI is InChI=1S/C30H29FN4O3/c1-4-20-6-5-7-23(14-20)27-13-12-26(34-29(37)19(2)32-3)30(38)35(27)18-21-15-24(17-33-16-21)28(36)22-8-10-25(31)11-9-22/h5-17,19,32H,4,18H2,1-3H3,(H,34,37)/t19-/m0/s1. The predicted octanol–water partition coefficient (Wildman–Crippen LogP) is 4.44. The van der Waals surface area contributed by atoms with Crippen molar-refractivity contribution in [3.05, 3.63) is 118 Å². The lowest BCUT2D eigenvalue weighted by Crippen LogP contribution is -2.37. The second-order valence-electron chi connectivity index (χ2n) is 8.99. The van der Waals surface area contributed by atoms with Crippen molar-refractivity contribution in [2.24, 2.45) is 0 Å². The molecule has 0 unspecified atom stereocenters. The number of benzene rings is 2. The van der Waals surface area contributed by atoms with Crippen molar-refractivity contribution in [3.8, 4) is 11.3 Å². The van der Waals surface area contributed by atoms with E-state index in [-0.39, 0.29) is 29.5 Å². The van der Waals surface area contributed by atoms with Gasteiger partial charge in [0, 0.05) is 23.5 Å². The Hall–Kier alpha value is -4.43. The molecular formula is C30H29FN4O3. The summed E-state index contributed by atoms with van der Waals surface area (Å²) in [5, 5.41) is 5.57. The molecule has 2 heterocycles. The third-order valence-corrected chi connectivity index (χ3v) is 6.39. The minimum atomic E-state index is -0.484. The summed E-state index contributed by atoms with van der Waals surface area (Å²) in [7, 11) is 1.67. The van der Waals surface area contributed by atoms with Gasteiger partial charge in [-0.2, -0.15) is 0 Å². The lowest BCUT2D eigenvalue weighted by Gasteiger charge is -2.17. The summed E-state index contributed by atoms with van der Waals surface area (Å²) in [4.78, 5) is 43.3. The van der Waals surface area contributed by atoms with E-state index in [4.69, 9.17) is 0 Å². The monoisotopic (exact) mass is 512 g/mol. The first kappa shape index (κ1) is 26.6. The van der Waals surface area contributed by atoms with Crippen LogP contribution in [0.5, 0.6) is 0 Å². The van der Waals surface area contributed by atoms with Crippen molar-refractivity contribution in [2.75, 3.05) is 12.4 Å². The number of hydrogen-bond acceptors (Lipinski definition) is 5. The molecule has 2 N–H and O–H groups in total. The first-order chi connectivity index (χ1) is 18.3. The number of aromatic nitrogens is 2. The number of carbonyl (C=O) groups excluding carboxylic acids is 2. The molecule has 38 heavy (non-hydrogen) atoms. The third-order valence-electron chi connectivity index (χ3n) is 6.39. The van der Waals surface area contributed by atoms with Gasteiger partial charge in [0.15, 0.2) is 5.78 Å². The third kappa shape index (κ3) is 5.92. The fraction of sp³-hybridized carbons (Fsp3) is 0.200. The molecule has 0 aliphatic carbocycles. The molecule has 1 atom stereocenters. The molecule has 8 heteroatoms. The topological polar surface area (TPSA) is 93.1 Å². The second-order valence-corrected chi connectivity index (χ2v) is 8.99. The molecule has 0 fully saturated rings. The lowest BCUT2D eigenvalue weighted by atomic mass is 10.0. The maximum Gasteiger partial charge on any atom is 0.275 e. The molecule has 2 aromatic carbocycles. The summed E-state index contributed by atoms with van der Waals surface area (Å²) >= 11 is 0. The lowest BCUT2D eigenvalue weighted by molar-refractivity contribution is -0.117. The second kappa shape index (κ2) is 11.7. The van der Waals surface area contributed by atoms with Crippen molar-refractivity contribution in [3.63, 3.8) is 0 Å². The number of likely N-dealkylation sites (N-methyl/N-ethyl adjacent to an activating group) is 1. The minimum Gasteiger partial charge on any atom is -0.320 e. The highest BCUT2D eigenvalue weighted by atomic mass is 19.1. The van der Waals surface area contributed by atoms with Crippen LogP contribution in [0.25, 0.3) is 11.3 Å². The van der Waals surface area contributed by atoms with Crippen molar-refractivity contribution in [1.29, 1.82) is 0 Å². The Kier molecular flexibility index (Phi) is 8.23. The van der Waals surface area contributed by atoms with E-state index in [1.807, 2.05) is 24.3 Å². The summed E-state index contributed by atoms with van der Waals surface area (Å²) in [5.41, 5.74) is 3.70. The van der Waals surface area contributed by atoms with Crippen LogP contribution in [0.1, 0.15) is 40.9 Å². The Bertz CT molecular complexity index is 1530. The number of aryl methyl sites for hydroxylation is 1. The van der Waals surface area contributed by atoms with Gasteiger partial charge in [-0.1, -0.05) is 25.1 Å². The molecular weight excluding hydrogens is 483 g/mol. The molecule has 0 saturated carbocycles. The van der Waals surface area contributed by atoms with E-state index in [1.54, 1.807) is 42.9 Å². The molecule has 0 radical (unpaired) electrons. The van der Waals surface area contributed by atoms with Gasteiger partial charge in [-0.25, -0.2) is 4.39 Å². The number of rotatable bonds is 9. The largest absolute Gasteiger partial charge is 0.320 e. The molecule has 7 nitrogen and oxygen atoms in total. The Labute approximate surface area is 220 Å². The Balaban J connectivity index is 1.76. The van der Waals surface area contributed by atoms with Crippen LogP contribution in [0, 0.1) is 5.82 Å². The van der Waals surface area contributed by atoms with Crippen LogP contribution in [0.4, 0.5) is 10.1 Å². The molecule has 2 aromatic heterocycles. The van der Waals surface area contributed by atoms with Gasteiger partial charge >= 0.3 is 0 Å². The summed E-state index contributed by atoms with van der Waals surface area (Å²) < 4.78 is 14.9. The van der Waals surface area contributed by atoms with Crippen molar-refractivity contribution in [1.82, 2.24) is 14.9 Å². The van der Waals surface area contributed by atoms with E-state index in [2.05, 4.69) is 22.5 Å². The smallest absolute Gasteiger partial charge is 0.275 e. The Morgan fingerprint density at radius 2 is 1.74 bits per heavy atom. The van der Waals surface area contributed by atoms with Crippen molar-refractivity contribution < 1.29 is 14.0 Å². The molecule has 1 amide bonds. The number of carbonyl (C=O) groups is 2. The molecule has 4 aromatic rings. The van der Waals surface area contributed by atoms with Crippen molar-refractivity contribution >= 4 is 17.4 Å². The quantitative estimate of drug-likeness (QED) is 0.324. The number of pyridine rings is 2. The summed E-state index contributed by atoms with van der Waals surface area (Å²) in [6.45, 7) is 3.88. The van der Waals surface area contributed by atoms with Gasteiger partial charge in [-0.15, -0.1) is 0 Å². The van der Waals surface area contributed by atoms with E-state index in [0.29, 0.717) is 22.4 Å². The molecule has 0 aliphatic rings. The molecule has 0 saturated heterocycles. The number of hydrogen-bond donors (Lipinski definition) is 2. The number of halogens is 1. The van der Waals surface area contributed by atoms with E-state index in [9.17, 15) is 18.8 Å². The Morgan fingerprint density at radius 3 is 2.45 bits per heavy atom. The zero-order chi connectivity index (χ0) is 27.2. The van der Waals surface area contributed by atoms with Gasteiger partial charge in [0.25, 0.3) is 5.56 Å². The number of anilines is 1. The van der Waals surface area contributed by atoms with E-state index in [1.165, 1.54) is 30.5 Å².